The highest BCUT2D eigenvalue weighted by atomic mass is 35.5. The molecule has 190 valence electrons. The summed E-state index contributed by atoms with van der Waals surface area (Å²) in [6, 6.07) is 19.8. The second-order valence-electron chi connectivity index (χ2n) is 8.81. The number of aryl methyl sites for hydroxylation is 2. The Balaban J connectivity index is 1.93. The van der Waals surface area contributed by atoms with E-state index < -0.39 is 6.04 Å². The summed E-state index contributed by atoms with van der Waals surface area (Å²) in [5, 5.41) is 3.89. The van der Waals surface area contributed by atoms with Gasteiger partial charge >= 0.3 is 0 Å². The minimum Gasteiger partial charge on any atom is -0.483 e. The fourth-order valence-electron chi connectivity index (χ4n) is 3.94. The van der Waals surface area contributed by atoms with Gasteiger partial charge in [0.1, 0.15) is 11.8 Å². The highest BCUT2D eigenvalue weighted by Gasteiger charge is 2.31. The number of carbonyl (C=O) groups excluding carboxylic acids is 2. The maximum Gasteiger partial charge on any atom is 0.261 e. The summed E-state index contributed by atoms with van der Waals surface area (Å²) >= 11 is 12.5. The molecule has 1 N–H and O–H groups in total. The molecule has 0 fully saturated rings. The average Bonchev–Trinajstić information content (AvgIpc) is 2.85. The average molecular weight is 527 g/mol. The van der Waals surface area contributed by atoms with Gasteiger partial charge in [0.15, 0.2) is 6.61 Å². The van der Waals surface area contributed by atoms with E-state index in [1.807, 2.05) is 69.3 Å². The SMILES string of the molecule is CCCNC(=O)[C@@H](Cc1ccccc1)N(Cc1ccc(Cl)cc1Cl)C(=O)COc1ccc(C)cc1C. The Morgan fingerprint density at radius 3 is 2.42 bits per heavy atom. The molecule has 2 amide bonds. The molecule has 0 aliphatic heterocycles. The van der Waals surface area contributed by atoms with Crippen molar-refractivity contribution in [1.82, 2.24) is 10.2 Å². The van der Waals surface area contributed by atoms with Gasteiger partial charge in [-0.1, -0.05) is 84.2 Å². The van der Waals surface area contributed by atoms with Gasteiger partial charge in [0.25, 0.3) is 5.91 Å². The van der Waals surface area contributed by atoms with E-state index in [4.69, 9.17) is 27.9 Å². The zero-order valence-electron chi connectivity index (χ0n) is 20.9. The fraction of sp³-hybridized carbons (Fsp3) is 0.310. The van der Waals surface area contributed by atoms with E-state index in [0.717, 1.165) is 23.1 Å². The second kappa shape index (κ2) is 13.3. The van der Waals surface area contributed by atoms with Crippen LogP contribution >= 0.6 is 23.2 Å². The van der Waals surface area contributed by atoms with Crippen LogP contribution in [0.1, 0.15) is 35.6 Å². The summed E-state index contributed by atoms with van der Waals surface area (Å²) in [4.78, 5) is 28.5. The van der Waals surface area contributed by atoms with Gasteiger partial charge in [-0.25, -0.2) is 0 Å². The Morgan fingerprint density at radius 1 is 1.00 bits per heavy atom. The highest BCUT2D eigenvalue weighted by Crippen LogP contribution is 2.25. The third-order valence-corrected chi connectivity index (χ3v) is 6.44. The number of benzene rings is 3. The smallest absolute Gasteiger partial charge is 0.261 e. The monoisotopic (exact) mass is 526 g/mol. The number of hydrogen-bond donors (Lipinski definition) is 1. The molecule has 0 saturated heterocycles. The molecule has 0 saturated carbocycles. The first-order valence-corrected chi connectivity index (χ1v) is 12.8. The molecular formula is C29H32Cl2N2O3. The minimum atomic E-state index is -0.749. The lowest BCUT2D eigenvalue weighted by molar-refractivity contribution is -0.142. The number of halogens is 2. The Hall–Kier alpha value is -3.02. The van der Waals surface area contributed by atoms with Crippen LogP contribution in [0.25, 0.3) is 0 Å². The van der Waals surface area contributed by atoms with E-state index in [-0.39, 0.29) is 25.0 Å². The summed E-state index contributed by atoms with van der Waals surface area (Å²) in [6.45, 7) is 6.38. The van der Waals surface area contributed by atoms with Gasteiger partial charge in [0, 0.05) is 29.6 Å². The van der Waals surface area contributed by atoms with Gasteiger partial charge in [0.2, 0.25) is 5.91 Å². The fourth-order valence-corrected chi connectivity index (χ4v) is 4.41. The number of nitrogens with zero attached hydrogens (tertiary/aromatic N) is 1. The van der Waals surface area contributed by atoms with E-state index in [1.165, 1.54) is 0 Å². The summed E-state index contributed by atoms with van der Waals surface area (Å²) in [5.41, 5.74) is 3.70. The molecule has 0 aliphatic carbocycles. The first kappa shape index (κ1) is 27.6. The van der Waals surface area contributed by atoms with Crippen molar-refractivity contribution in [1.29, 1.82) is 0 Å². The molecule has 3 aromatic carbocycles. The molecule has 0 unspecified atom stereocenters. The summed E-state index contributed by atoms with van der Waals surface area (Å²) < 4.78 is 5.91. The van der Waals surface area contributed by atoms with Crippen molar-refractivity contribution in [3.8, 4) is 5.75 Å². The number of ether oxygens (including phenoxy) is 1. The maximum atomic E-state index is 13.6. The molecule has 0 aromatic heterocycles. The molecule has 0 bridgehead atoms. The van der Waals surface area contributed by atoms with Gasteiger partial charge in [-0.15, -0.1) is 0 Å². The molecule has 0 aliphatic rings. The lowest BCUT2D eigenvalue weighted by Crippen LogP contribution is -2.51. The lowest BCUT2D eigenvalue weighted by Gasteiger charge is -2.32. The maximum absolute atomic E-state index is 13.6. The lowest BCUT2D eigenvalue weighted by atomic mass is 10.0. The van der Waals surface area contributed by atoms with Crippen LogP contribution in [0.3, 0.4) is 0 Å². The number of rotatable bonds is 11. The van der Waals surface area contributed by atoms with Crippen molar-refractivity contribution in [3.63, 3.8) is 0 Å². The van der Waals surface area contributed by atoms with Crippen LogP contribution < -0.4 is 10.1 Å². The first-order chi connectivity index (χ1) is 17.3. The molecule has 0 radical (unpaired) electrons. The van der Waals surface area contributed by atoms with Gasteiger partial charge < -0.3 is 15.0 Å². The van der Waals surface area contributed by atoms with Crippen LogP contribution in [-0.2, 0) is 22.6 Å². The molecule has 5 nitrogen and oxygen atoms in total. The minimum absolute atomic E-state index is 0.141. The molecule has 0 spiro atoms. The summed E-state index contributed by atoms with van der Waals surface area (Å²) in [6.07, 6.45) is 1.15. The van der Waals surface area contributed by atoms with E-state index in [1.54, 1.807) is 23.1 Å². The molecule has 3 aromatic rings. The van der Waals surface area contributed by atoms with E-state index in [0.29, 0.717) is 34.3 Å². The number of hydrogen-bond acceptors (Lipinski definition) is 3. The van der Waals surface area contributed by atoms with E-state index in [9.17, 15) is 9.59 Å². The van der Waals surface area contributed by atoms with Gasteiger partial charge in [-0.05, 0) is 55.2 Å². The van der Waals surface area contributed by atoms with Crippen molar-refractivity contribution < 1.29 is 14.3 Å². The summed E-state index contributed by atoms with van der Waals surface area (Å²) in [7, 11) is 0. The Labute approximate surface area is 223 Å². The van der Waals surface area contributed by atoms with Gasteiger partial charge in [-0.2, -0.15) is 0 Å². The predicted octanol–water partition coefficient (Wildman–Crippen LogP) is 6.16. The molecule has 3 rings (SSSR count). The van der Waals surface area contributed by atoms with Crippen LogP contribution in [0.5, 0.6) is 5.75 Å². The van der Waals surface area contributed by atoms with Crippen LogP contribution in [-0.4, -0.2) is 35.9 Å². The van der Waals surface area contributed by atoms with Crippen LogP contribution in [0.2, 0.25) is 10.0 Å². The first-order valence-electron chi connectivity index (χ1n) is 12.0. The van der Waals surface area contributed by atoms with Gasteiger partial charge in [-0.3, -0.25) is 9.59 Å². The second-order valence-corrected chi connectivity index (χ2v) is 9.66. The molecule has 0 heterocycles. The van der Waals surface area contributed by atoms with Crippen LogP contribution in [0, 0.1) is 13.8 Å². The number of carbonyl (C=O) groups is 2. The Bertz CT molecular complexity index is 1180. The van der Waals surface area contributed by atoms with Crippen molar-refractivity contribution in [2.45, 2.75) is 46.2 Å². The predicted molar refractivity (Wildman–Crippen MR) is 146 cm³/mol. The third-order valence-electron chi connectivity index (χ3n) is 5.86. The van der Waals surface area contributed by atoms with Crippen molar-refractivity contribution in [3.05, 3.63) is 99.0 Å². The zero-order chi connectivity index (χ0) is 26.1. The number of amides is 2. The summed E-state index contributed by atoms with van der Waals surface area (Å²) in [5.74, 6) is 0.104. The van der Waals surface area contributed by atoms with E-state index in [2.05, 4.69) is 5.32 Å². The normalized spacial score (nSPS) is 11.6. The van der Waals surface area contributed by atoms with Crippen molar-refractivity contribution in [2.75, 3.05) is 13.2 Å². The largest absolute Gasteiger partial charge is 0.483 e. The number of nitrogens with one attached hydrogen (secondary N) is 1. The Morgan fingerprint density at radius 2 is 1.75 bits per heavy atom. The van der Waals surface area contributed by atoms with Gasteiger partial charge in [0.05, 0.1) is 0 Å². The molecular weight excluding hydrogens is 495 g/mol. The quantitative estimate of drug-likeness (QED) is 0.325. The topological polar surface area (TPSA) is 58.6 Å². The Kier molecular flexibility index (Phi) is 10.2. The highest BCUT2D eigenvalue weighted by molar-refractivity contribution is 6.35. The zero-order valence-corrected chi connectivity index (χ0v) is 22.4. The van der Waals surface area contributed by atoms with Crippen LogP contribution in [0.15, 0.2) is 66.7 Å². The molecule has 36 heavy (non-hydrogen) atoms. The van der Waals surface area contributed by atoms with Crippen molar-refractivity contribution in [2.24, 2.45) is 0 Å². The van der Waals surface area contributed by atoms with Crippen LogP contribution in [0.4, 0.5) is 0 Å². The third kappa shape index (κ3) is 7.74. The standard InChI is InChI=1S/C29H32Cl2N2O3/c1-4-14-32-29(35)26(16-22-8-6-5-7-9-22)33(18-23-11-12-24(30)17-25(23)31)28(34)19-36-27-13-10-20(2)15-21(27)3/h5-13,15,17,26H,4,14,16,18-19H2,1-3H3,(H,32,35)/t26-/m1/s1. The molecule has 1 atom stereocenters. The van der Waals surface area contributed by atoms with Crippen molar-refractivity contribution >= 4 is 35.0 Å². The molecule has 7 heteroatoms. The van der Waals surface area contributed by atoms with E-state index >= 15 is 0 Å².